The van der Waals surface area contributed by atoms with Gasteiger partial charge in [-0.15, -0.1) is 0 Å². The second-order valence-electron chi connectivity index (χ2n) is 7.90. The first-order valence-electron chi connectivity index (χ1n) is 11.3. The average molecular weight is 457 g/mol. The van der Waals surface area contributed by atoms with Gasteiger partial charge in [0, 0.05) is 30.5 Å². The van der Waals surface area contributed by atoms with Gasteiger partial charge < -0.3 is 15.0 Å². The Bertz CT molecular complexity index is 827. The Labute approximate surface area is 196 Å². The number of hydrogen-bond acceptors (Lipinski definition) is 4. The second-order valence-corrected chi connectivity index (χ2v) is 9.01. The summed E-state index contributed by atoms with van der Waals surface area (Å²) in [5.41, 5.74) is 2.23. The molecule has 5 nitrogen and oxygen atoms in total. The summed E-state index contributed by atoms with van der Waals surface area (Å²) in [6.07, 6.45) is 1.83. The molecular formula is C26H36N2O3S. The standard InChI is InChI=1S/C26H36N2O3S/c1-5-20(3)27-26(30)24(6-2)28(18-21-12-14-23(31-4)15-13-21)25(29)16-17-32-19-22-10-8-7-9-11-22/h7-15,20,24H,5-6,16-19H2,1-4H3,(H,27,30). The minimum Gasteiger partial charge on any atom is -0.497 e. The first-order chi connectivity index (χ1) is 15.5. The molecule has 0 spiro atoms. The lowest BCUT2D eigenvalue weighted by molar-refractivity contribution is -0.141. The van der Waals surface area contributed by atoms with Crippen molar-refractivity contribution >= 4 is 23.6 Å². The van der Waals surface area contributed by atoms with E-state index in [-0.39, 0.29) is 17.9 Å². The van der Waals surface area contributed by atoms with E-state index in [1.54, 1.807) is 23.8 Å². The Morgan fingerprint density at radius 2 is 1.69 bits per heavy atom. The second kappa shape index (κ2) is 13.8. The van der Waals surface area contributed by atoms with Gasteiger partial charge in [0.25, 0.3) is 0 Å². The van der Waals surface area contributed by atoms with E-state index in [9.17, 15) is 9.59 Å². The van der Waals surface area contributed by atoms with Crippen molar-refractivity contribution in [1.82, 2.24) is 10.2 Å². The quantitative estimate of drug-likeness (QED) is 0.429. The third kappa shape index (κ3) is 8.23. The normalized spacial score (nSPS) is 12.6. The van der Waals surface area contributed by atoms with Crippen molar-refractivity contribution in [3.05, 3.63) is 65.7 Å². The first-order valence-corrected chi connectivity index (χ1v) is 12.5. The number of carbonyl (C=O) groups is 2. The van der Waals surface area contributed by atoms with Crippen LogP contribution in [0.2, 0.25) is 0 Å². The third-order valence-electron chi connectivity index (χ3n) is 5.47. The van der Waals surface area contributed by atoms with Crippen LogP contribution < -0.4 is 10.1 Å². The molecule has 0 saturated heterocycles. The van der Waals surface area contributed by atoms with Gasteiger partial charge in [0.2, 0.25) is 11.8 Å². The van der Waals surface area contributed by atoms with Gasteiger partial charge in [-0.05, 0) is 43.0 Å². The van der Waals surface area contributed by atoms with E-state index >= 15 is 0 Å². The fourth-order valence-corrected chi connectivity index (χ4v) is 4.25. The Morgan fingerprint density at radius 3 is 2.28 bits per heavy atom. The van der Waals surface area contributed by atoms with Gasteiger partial charge in [-0.2, -0.15) is 11.8 Å². The maximum Gasteiger partial charge on any atom is 0.243 e. The third-order valence-corrected chi connectivity index (χ3v) is 6.50. The summed E-state index contributed by atoms with van der Waals surface area (Å²) >= 11 is 1.74. The van der Waals surface area contributed by atoms with Gasteiger partial charge >= 0.3 is 0 Å². The Balaban J connectivity index is 2.07. The van der Waals surface area contributed by atoms with Crippen molar-refractivity contribution in [1.29, 1.82) is 0 Å². The molecule has 2 aromatic rings. The molecule has 2 aromatic carbocycles. The molecule has 6 heteroatoms. The van der Waals surface area contributed by atoms with Crippen LogP contribution in [0.15, 0.2) is 54.6 Å². The predicted molar refractivity (Wildman–Crippen MR) is 133 cm³/mol. The molecule has 2 unspecified atom stereocenters. The molecule has 0 fully saturated rings. The molecule has 2 atom stereocenters. The Morgan fingerprint density at radius 1 is 1.00 bits per heavy atom. The molecule has 0 aliphatic heterocycles. The van der Waals surface area contributed by atoms with Crippen LogP contribution in [0.25, 0.3) is 0 Å². The number of hydrogen-bond donors (Lipinski definition) is 1. The number of ether oxygens (including phenoxy) is 1. The zero-order chi connectivity index (χ0) is 23.3. The van der Waals surface area contributed by atoms with Crippen molar-refractivity contribution < 1.29 is 14.3 Å². The highest BCUT2D eigenvalue weighted by molar-refractivity contribution is 7.98. The van der Waals surface area contributed by atoms with Crippen LogP contribution in [0.1, 0.15) is 51.2 Å². The molecule has 32 heavy (non-hydrogen) atoms. The van der Waals surface area contributed by atoms with Crippen LogP contribution in [0, 0.1) is 0 Å². The maximum absolute atomic E-state index is 13.3. The van der Waals surface area contributed by atoms with Crippen LogP contribution in [-0.4, -0.2) is 41.7 Å². The molecule has 1 N–H and O–H groups in total. The lowest BCUT2D eigenvalue weighted by Crippen LogP contribution is -2.50. The monoisotopic (exact) mass is 456 g/mol. The van der Waals surface area contributed by atoms with Crippen LogP contribution in [0.5, 0.6) is 5.75 Å². The number of carbonyl (C=O) groups excluding carboxylic acids is 2. The average Bonchev–Trinajstić information content (AvgIpc) is 2.82. The van der Waals surface area contributed by atoms with E-state index in [2.05, 4.69) is 17.4 Å². The van der Waals surface area contributed by atoms with Crippen molar-refractivity contribution in [3.8, 4) is 5.75 Å². The van der Waals surface area contributed by atoms with E-state index in [0.29, 0.717) is 19.4 Å². The van der Waals surface area contributed by atoms with Crippen LogP contribution in [0.4, 0.5) is 0 Å². The first kappa shape index (κ1) is 25.8. The predicted octanol–water partition coefficient (Wildman–Crippen LogP) is 5.04. The largest absolute Gasteiger partial charge is 0.497 e. The van der Waals surface area contributed by atoms with Crippen LogP contribution >= 0.6 is 11.8 Å². The Hall–Kier alpha value is -2.47. The topological polar surface area (TPSA) is 58.6 Å². The van der Waals surface area contributed by atoms with E-state index in [1.807, 2.05) is 63.2 Å². The SMILES string of the molecule is CCC(C)NC(=O)C(CC)N(Cc1ccc(OC)cc1)C(=O)CCSCc1ccccc1. The molecule has 0 aliphatic carbocycles. The van der Waals surface area contributed by atoms with Gasteiger partial charge in [0.1, 0.15) is 11.8 Å². The molecule has 0 saturated carbocycles. The van der Waals surface area contributed by atoms with Gasteiger partial charge in [-0.25, -0.2) is 0 Å². The molecule has 0 aliphatic rings. The van der Waals surface area contributed by atoms with Gasteiger partial charge in [-0.1, -0.05) is 56.3 Å². The van der Waals surface area contributed by atoms with Gasteiger partial charge in [0.05, 0.1) is 7.11 Å². The van der Waals surface area contributed by atoms with Crippen molar-refractivity contribution in [2.24, 2.45) is 0 Å². The highest BCUT2D eigenvalue weighted by Crippen LogP contribution is 2.19. The molecule has 0 heterocycles. The van der Waals surface area contributed by atoms with Crippen molar-refractivity contribution in [3.63, 3.8) is 0 Å². The number of nitrogens with zero attached hydrogens (tertiary/aromatic N) is 1. The summed E-state index contributed by atoms with van der Waals surface area (Å²) in [7, 11) is 1.63. The molecule has 2 rings (SSSR count). The summed E-state index contributed by atoms with van der Waals surface area (Å²) in [4.78, 5) is 28.0. The number of amides is 2. The lowest BCUT2D eigenvalue weighted by Gasteiger charge is -2.31. The summed E-state index contributed by atoms with van der Waals surface area (Å²) < 4.78 is 5.24. The number of thioether (sulfide) groups is 1. The highest BCUT2D eigenvalue weighted by Gasteiger charge is 2.28. The van der Waals surface area contributed by atoms with Crippen LogP contribution in [-0.2, 0) is 21.9 Å². The zero-order valence-corrected chi connectivity index (χ0v) is 20.5. The van der Waals surface area contributed by atoms with Gasteiger partial charge in [0.15, 0.2) is 0 Å². The number of rotatable bonds is 13. The fourth-order valence-electron chi connectivity index (χ4n) is 3.36. The molecule has 0 bridgehead atoms. The van der Waals surface area contributed by atoms with E-state index < -0.39 is 6.04 Å². The number of methoxy groups -OCH3 is 1. The van der Waals surface area contributed by atoms with Crippen molar-refractivity contribution in [2.45, 2.75) is 64.4 Å². The number of nitrogens with one attached hydrogen (secondary N) is 1. The highest BCUT2D eigenvalue weighted by atomic mass is 32.2. The summed E-state index contributed by atoms with van der Waals surface area (Å²) in [5.74, 6) is 2.29. The molecule has 2 amide bonds. The Kier molecular flexibility index (Phi) is 11.2. The molecule has 0 radical (unpaired) electrons. The van der Waals surface area contributed by atoms with Gasteiger partial charge in [-0.3, -0.25) is 9.59 Å². The summed E-state index contributed by atoms with van der Waals surface area (Å²) in [6, 6.07) is 17.5. The number of benzene rings is 2. The maximum atomic E-state index is 13.3. The molecular weight excluding hydrogens is 420 g/mol. The smallest absolute Gasteiger partial charge is 0.243 e. The summed E-state index contributed by atoms with van der Waals surface area (Å²) in [5, 5.41) is 3.05. The van der Waals surface area contributed by atoms with Crippen molar-refractivity contribution in [2.75, 3.05) is 12.9 Å². The lowest BCUT2D eigenvalue weighted by atomic mass is 10.1. The van der Waals surface area contributed by atoms with E-state index in [1.165, 1.54) is 5.56 Å². The van der Waals surface area contributed by atoms with Crippen LogP contribution in [0.3, 0.4) is 0 Å². The summed E-state index contributed by atoms with van der Waals surface area (Å²) in [6.45, 7) is 6.38. The minimum absolute atomic E-state index is 0.00697. The fraction of sp³-hybridized carbons (Fsp3) is 0.462. The molecule has 0 aromatic heterocycles. The van der Waals surface area contributed by atoms with E-state index in [4.69, 9.17) is 4.74 Å². The molecule has 174 valence electrons. The minimum atomic E-state index is -0.488. The van der Waals surface area contributed by atoms with E-state index in [0.717, 1.165) is 29.2 Å². The zero-order valence-electron chi connectivity index (χ0n) is 19.7.